The van der Waals surface area contributed by atoms with E-state index >= 15 is 0 Å². The molecule has 1 aromatic rings. The molecule has 0 saturated heterocycles. The molecule has 0 saturated carbocycles. The number of nitrogens with one attached hydrogen (secondary N) is 1. The molecule has 7 heteroatoms. The average Bonchev–Trinajstić information content (AvgIpc) is 2.54. The molecular formula is C24H41NO4SSi. The van der Waals surface area contributed by atoms with Crippen LogP contribution >= 0.6 is 12.2 Å². The van der Waals surface area contributed by atoms with Crippen LogP contribution in [-0.2, 0) is 13.9 Å². The second-order valence-corrected chi connectivity index (χ2v) is 16.5. The minimum atomic E-state index is -2.26. The van der Waals surface area contributed by atoms with Crippen molar-refractivity contribution in [3.63, 3.8) is 0 Å². The number of benzene rings is 1. The smallest absolute Gasteiger partial charge is 0.408 e. The number of amides is 1. The van der Waals surface area contributed by atoms with E-state index in [0.717, 1.165) is 5.56 Å². The second-order valence-electron chi connectivity index (χ2n) is 11.4. The monoisotopic (exact) mass is 467 g/mol. The lowest BCUT2D eigenvalue weighted by atomic mass is 10.0. The molecule has 0 bridgehead atoms. The molecule has 1 amide bonds. The highest BCUT2D eigenvalue weighted by Gasteiger charge is 2.44. The molecule has 0 aromatic heterocycles. The molecule has 0 unspecified atom stereocenters. The minimum Gasteiger partial charge on any atom is -0.479 e. The zero-order chi connectivity index (χ0) is 24.3. The molecule has 1 aromatic carbocycles. The predicted molar refractivity (Wildman–Crippen MR) is 134 cm³/mol. The van der Waals surface area contributed by atoms with Crippen LogP contribution in [0.2, 0.25) is 18.1 Å². The maximum Gasteiger partial charge on any atom is 0.408 e. The van der Waals surface area contributed by atoms with Crippen molar-refractivity contribution in [1.82, 2.24) is 5.32 Å². The van der Waals surface area contributed by atoms with Gasteiger partial charge in [-0.1, -0.05) is 51.1 Å². The van der Waals surface area contributed by atoms with Gasteiger partial charge in [0.2, 0.25) is 0 Å². The van der Waals surface area contributed by atoms with Gasteiger partial charge in [-0.15, -0.1) is 0 Å². The first-order valence-electron chi connectivity index (χ1n) is 10.8. The molecule has 0 aliphatic rings. The first-order chi connectivity index (χ1) is 13.8. The van der Waals surface area contributed by atoms with Crippen LogP contribution in [0.5, 0.6) is 0 Å². The first kappa shape index (κ1) is 27.6. The Morgan fingerprint density at radius 1 is 0.903 bits per heavy atom. The van der Waals surface area contributed by atoms with E-state index in [4.69, 9.17) is 26.1 Å². The Balaban J connectivity index is 3.44. The third-order valence-corrected chi connectivity index (χ3v) is 9.77. The summed E-state index contributed by atoms with van der Waals surface area (Å²) in [5.41, 5.74) is -0.236. The third kappa shape index (κ3) is 9.29. The Labute approximate surface area is 195 Å². The minimum absolute atomic E-state index is 0.0459. The standard InChI is InChI=1S/C24H41NO4SSi/c1-22(2,3)27-20(30)19(29-31(10,11)24(7,8)9)18(17-15-13-12-14-16-17)25-21(26)28-23(4,5)6/h12-16,18-19H,1-11H3,(H,25,26)/t18-,19-/m1/s1. The van der Waals surface area contributed by atoms with Gasteiger partial charge in [0.1, 0.15) is 17.3 Å². The van der Waals surface area contributed by atoms with Gasteiger partial charge in [0.05, 0.1) is 6.04 Å². The zero-order valence-electron chi connectivity index (χ0n) is 21.1. The quantitative estimate of drug-likeness (QED) is 0.369. The maximum atomic E-state index is 12.8. The fourth-order valence-electron chi connectivity index (χ4n) is 2.53. The summed E-state index contributed by atoms with van der Waals surface area (Å²) in [6.07, 6.45) is -1.17. The molecule has 1 N–H and O–H groups in total. The normalized spacial score (nSPS) is 15.1. The van der Waals surface area contributed by atoms with Crippen LogP contribution in [0.1, 0.15) is 73.9 Å². The highest BCUT2D eigenvalue weighted by molar-refractivity contribution is 7.80. The van der Waals surface area contributed by atoms with Crippen LogP contribution < -0.4 is 5.32 Å². The molecule has 0 fully saturated rings. The van der Waals surface area contributed by atoms with Gasteiger partial charge in [-0.05, 0) is 77.5 Å². The van der Waals surface area contributed by atoms with Gasteiger partial charge < -0.3 is 19.2 Å². The summed E-state index contributed by atoms with van der Waals surface area (Å²) in [5.74, 6) is 0. The number of rotatable bonds is 6. The van der Waals surface area contributed by atoms with Crippen molar-refractivity contribution < 1.29 is 18.7 Å². The topological polar surface area (TPSA) is 56.8 Å². The van der Waals surface area contributed by atoms with Gasteiger partial charge in [-0.3, -0.25) is 0 Å². The van der Waals surface area contributed by atoms with E-state index in [-0.39, 0.29) is 5.04 Å². The number of carbonyl (C=O) groups is 1. The molecule has 1 rings (SSSR count). The third-order valence-electron chi connectivity index (χ3n) is 5.00. The number of hydrogen-bond donors (Lipinski definition) is 1. The lowest BCUT2D eigenvalue weighted by molar-refractivity contribution is 0.0436. The highest BCUT2D eigenvalue weighted by Crippen LogP contribution is 2.39. The van der Waals surface area contributed by atoms with Crippen molar-refractivity contribution in [1.29, 1.82) is 0 Å². The summed E-state index contributed by atoms with van der Waals surface area (Å²) in [5, 5.41) is 3.27. The molecule has 0 heterocycles. The van der Waals surface area contributed by atoms with E-state index in [1.54, 1.807) is 0 Å². The van der Waals surface area contributed by atoms with Crippen molar-refractivity contribution in [3.05, 3.63) is 35.9 Å². The Morgan fingerprint density at radius 2 is 1.39 bits per heavy atom. The van der Waals surface area contributed by atoms with Crippen LogP contribution in [0.25, 0.3) is 0 Å². The summed E-state index contributed by atoms with van der Waals surface area (Å²) in [7, 11) is -2.26. The van der Waals surface area contributed by atoms with Gasteiger partial charge in [-0.25, -0.2) is 4.79 Å². The summed E-state index contributed by atoms with van der Waals surface area (Å²) >= 11 is 5.74. The molecule has 176 valence electrons. The fourth-order valence-corrected chi connectivity index (χ4v) is 4.29. The van der Waals surface area contributed by atoms with E-state index in [1.165, 1.54) is 0 Å². The van der Waals surface area contributed by atoms with Gasteiger partial charge >= 0.3 is 6.09 Å². The van der Waals surface area contributed by atoms with Crippen molar-refractivity contribution in [3.8, 4) is 0 Å². The number of thiocarbonyl (C=S) groups is 1. The molecular weight excluding hydrogens is 426 g/mol. The summed E-state index contributed by atoms with van der Waals surface area (Å²) in [6, 6.07) is 9.13. The van der Waals surface area contributed by atoms with Gasteiger partial charge in [0, 0.05) is 0 Å². The molecule has 0 spiro atoms. The van der Waals surface area contributed by atoms with Gasteiger partial charge in [-0.2, -0.15) is 0 Å². The lowest BCUT2D eigenvalue weighted by Crippen LogP contribution is -2.52. The highest BCUT2D eigenvalue weighted by atomic mass is 32.1. The summed E-state index contributed by atoms with van der Waals surface area (Å²) < 4.78 is 18.4. The Bertz CT molecular complexity index is 746. The molecule has 0 aliphatic heterocycles. The van der Waals surface area contributed by atoms with Gasteiger partial charge in [0.25, 0.3) is 0 Å². The predicted octanol–water partition coefficient (Wildman–Crippen LogP) is 6.79. The van der Waals surface area contributed by atoms with E-state index in [1.807, 2.05) is 71.9 Å². The van der Waals surface area contributed by atoms with Crippen molar-refractivity contribution in [2.24, 2.45) is 0 Å². The van der Waals surface area contributed by atoms with E-state index in [9.17, 15) is 4.79 Å². The summed E-state index contributed by atoms with van der Waals surface area (Å²) in [6.45, 7) is 22.2. The number of ether oxygens (including phenoxy) is 2. The Kier molecular flexibility index (Phi) is 8.90. The Morgan fingerprint density at radius 3 is 1.81 bits per heavy atom. The van der Waals surface area contributed by atoms with Crippen LogP contribution in [0.3, 0.4) is 0 Å². The number of carbonyl (C=O) groups excluding carboxylic acids is 1. The second kappa shape index (κ2) is 10.0. The average molecular weight is 468 g/mol. The van der Waals surface area contributed by atoms with Crippen molar-refractivity contribution in [2.75, 3.05) is 0 Å². The van der Waals surface area contributed by atoms with Crippen LogP contribution in [-0.4, -0.2) is 36.8 Å². The van der Waals surface area contributed by atoms with Crippen LogP contribution in [0, 0.1) is 0 Å². The molecule has 0 aliphatic carbocycles. The largest absolute Gasteiger partial charge is 0.479 e. The SMILES string of the molecule is CC(C)(C)OC(=O)N[C@H](c1ccccc1)[C@@H](O[Si](C)(C)C(C)(C)C)C(=S)OC(C)(C)C. The Hall–Kier alpha value is -1.44. The number of alkyl carbamates (subject to hydrolysis) is 1. The van der Waals surface area contributed by atoms with Crippen molar-refractivity contribution in [2.45, 2.75) is 104 Å². The van der Waals surface area contributed by atoms with Crippen LogP contribution in [0.15, 0.2) is 30.3 Å². The van der Waals surface area contributed by atoms with E-state index < -0.39 is 37.8 Å². The zero-order valence-corrected chi connectivity index (χ0v) is 22.9. The van der Waals surface area contributed by atoms with E-state index in [2.05, 4.69) is 39.2 Å². The molecule has 0 radical (unpaired) electrons. The van der Waals surface area contributed by atoms with Gasteiger partial charge in [0.15, 0.2) is 13.4 Å². The molecule has 31 heavy (non-hydrogen) atoms. The van der Waals surface area contributed by atoms with Crippen molar-refractivity contribution >= 4 is 31.7 Å². The fraction of sp³-hybridized carbons (Fsp3) is 0.667. The van der Waals surface area contributed by atoms with Crippen LogP contribution in [0.4, 0.5) is 4.79 Å². The summed E-state index contributed by atoms with van der Waals surface area (Å²) in [4.78, 5) is 12.8. The molecule has 5 nitrogen and oxygen atoms in total. The maximum absolute atomic E-state index is 12.8. The lowest BCUT2D eigenvalue weighted by Gasteiger charge is -2.42. The van der Waals surface area contributed by atoms with E-state index in [0.29, 0.717) is 5.05 Å². The molecule has 2 atom stereocenters. The number of hydrogen-bond acceptors (Lipinski definition) is 5. The first-order valence-corrected chi connectivity index (χ1v) is 14.1.